The minimum atomic E-state index is -0.484. The average Bonchev–Trinajstić information content (AvgIpc) is 3.01. The number of carbonyl (C=O) groups excluding carboxylic acids is 1. The molecule has 2 unspecified atom stereocenters. The van der Waals surface area contributed by atoms with E-state index < -0.39 is 6.10 Å². The molecule has 1 saturated carbocycles. The van der Waals surface area contributed by atoms with Crippen molar-refractivity contribution in [1.82, 2.24) is 20.0 Å². The van der Waals surface area contributed by atoms with E-state index in [1.165, 1.54) is 0 Å². The largest absolute Gasteiger partial charge is 0.480 e. The first-order chi connectivity index (χ1) is 11.3. The zero-order valence-corrected chi connectivity index (χ0v) is 14.9. The molecule has 1 spiro atoms. The van der Waals surface area contributed by atoms with E-state index in [2.05, 4.69) is 36.2 Å². The summed E-state index contributed by atoms with van der Waals surface area (Å²) < 4.78 is 7.04. The first-order valence-corrected chi connectivity index (χ1v) is 8.60. The molecule has 2 N–H and O–H groups in total. The second-order valence-electron chi connectivity index (χ2n) is 7.75. The Morgan fingerprint density at radius 3 is 2.83 bits per heavy atom. The van der Waals surface area contributed by atoms with Crippen LogP contribution in [0.3, 0.4) is 0 Å². The summed E-state index contributed by atoms with van der Waals surface area (Å²) in [5, 5.41) is 17.4. The highest BCUT2D eigenvalue weighted by Crippen LogP contribution is 2.52. The number of hydrogen-bond acceptors (Lipinski definition) is 5. The summed E-state index contributed by atoms with van der Waals surface area (Å²) in [6.07, 6.45) is 4.39. The summed E-state index contributed by atoms with van der Waals surface area (Å²) in [4.78, 5) is 14.5. The Morgan fingerprint density at radius 2 is 2.25 bits per heavy atom. The van der Waals surface area contributed by atoms with Gasteiger partial charge in [0, 0.05) is 25.0 Å². The van der Waals surface area contributed by atoms with Gasteiger partial charge in [-0.3, -0.25) is 9.48 Å². The monoisotopic (exact) mass is 336 g/mol. The number of rotatable bonds is 5. The molecule has 1 aromatic rings. The molecule has 1 aliphatic heterocycles. The van der Waals surface area contributed by atoms with Gasteiger partial charge in [-0.05, 0) is 25.8 Å². The molecule has 1 saturated heterocycles. The van der Waals surface area contributed by atoms with Crippen LogP contribution < -0.4 is 10.1 Å². The maximum atomic E-state index is 12.1. The Bertz CT molecular complexity index is 598. The molecule has 7 heteroatoms. The number of ether oxygens (including phenoxy) is 1. The van der Waals surface area contributed by atoms with Crippen molar-refractivity contribution in [2.24, 2.45) is 18.4 Å². The van der Waals surface area contributed by atoms with E-state index in [9.17, 15) is 9.90 Å². The van der Waals surface area contributed by atoms with Crippen LogP contribution in [0, 0.1) is 11.3 Å². The molecular weight excluding hydrogens is 308 g/mol. The molecule has 134 valence electrons. The van der Waals surface area contributed by atoms with Gasteiger partial charge < -0.3 is 20.1 Å². The third-order valence-corrected chi connectivity index (χ3v) is 5.40. The van der Waals surface area contributed by atoms with E-state index in [1.54, 1.807) is 24.1 Å². The molecule has 0 aromatic carbocycles. The standard InChI is InChI=1S/C17H28N4O3/c1-11(2)16-17(10-20(16)3)5-13(14(22)6-17)19-15(23)9-24-12-7-18-21(4)8-12/h7-8,11,13-14,16,22H,5-6,9-10H2,1-4H3,(H,19,23)/t13-,14-,16?,17?/m1/s1. The number of aryl methyl sites for hydroxylation is 1. The Labute approximate surface area is 143 Å². The summed E-state index contributed by atoms with van der Waals surface area (Å²) in [5.74, 6) is 0.907. The maximum Gasteiger partial charge on any atom is 0.258 e. The first-order valence-electron chi connectivity index (χ1n) is 8.60. The van der Waals surface area contributed by atoms with Gasteiger partial charge in [-0.15, -0.1) is 0 Å². The number of amides is 1. The number of aliphatic hydroxyl groups is 1. The summed E-state index contributed by atoms with van der Waals surface area (Å²) in [5.41, 5.74) is 0.129. The summed E-state index contributed by atoms with van der Waals surface area (Å²) in [6.45, 7) is 5.38. The van der Waals surface area contributed by atoms with Crippen molar-refractivity contribution in [3.63, 3.8) is 0 Å². The predicted molar refractivity (Wildman–Crippen MR) is 89.6 cm³/mol. The minimum absolute atomic E-state index is 0.0601. The number of aliphatic hydroxyl groups excluding tert-OH is 1. The molecule has 2 heterocycles. The number of likely N-dealkylation sites (tertiary alicyclic amines) is 1. The zero-order chi connectivity index (χ0) is 17.5. The van der Waals surface area contributed by atoms with Crippen molar-refractivity contribution in [3.8, 4) is 5.75 Å². The molecule has 0 bridgehead atoms. The van der Waals surface area contributed by atoms with E-state index in [4.69, 9.17) is 4.74 Å². The normalized spacial score (nSPS) is 33.0. The Kier molecular flexibility index (Phi) is 4.57. The quantitative estimate of drug-likeness (QED) is 0.813. The van der Waals surface area contributed by atoms with E-state index in [0.717, 1.165) is 19.4 Å². The second-order valence-corrected chi connectivity index (χ2v) is 7.75. The van der Waals surface area contributed by atoms with Gasteiger partial charge in [-0.25, -0.2) is 0 Å². The lowest BCUT2D eigenvalue weighted by Crippen LogP contribution is -2.64. The van der Waals surface area contributed by atoms with Crippen molar-refractivity contribution in [1.29, 1.82) is 0 Å². The maximum absolute atomic E-state index is 12.1. The summed E-state index contributed by atoms with van der Waals surface area (Å²) in [7, 11) is 3.93. The number of nitrogens with zero attached hydrogens (tertiary/aromatic N) is 3. The van der Waals surface area contributed by atoms with Crippen LogP contribution >= 0.6 is 0 Å². The van der Waals surface area contributed by atoms with Crippen molar-refractivity contribution >= 4 is 5.91 Å². The highest BCUT2D eigenvalue weighted by atomic mass is 16.5. The highest BCUT2D eigenvalue weighted by molar-refractivity contribution is 5.78. The summed E-state index contributed by atoms with van der Waals surface area (Å²) in [6, 6.07) is 0.283. The van der Waals surface area contributed by atoms with Gasteiger partial charge in [0.1, 0.15) is 0 Å². The lowest BCUT2D eigenvalue weighted by molar-refractivity contribution is -0.124. The molecule has 1 aliphatic carbocycles. The van der Waals surface area contributed by atoms with Gasteiger partial charge in [-0.2, -0.15) is 5.10 Å². The Balaban J connectivity index is 1.53. The lowest BCUT2D eigenvalue weighted by Gasteiger charge is -2.57. The van der Waals surface area contributed by atoms with Crippen LogP contribution in [0.4, 0.5) is 0 Å². The van der Waals surface area contributed by atoms with Crippen LogP contribution in [-0.2, 0) is 11.8 Å². The minimum Gasteiger partial charge on any atom is -0.480 e. The third kappa shape index (κ3) is 3.15. The van der Waals surface area contributed by atoms with Crippen LogP contribution in [0.25, 0.3) is 0 Å². The lowest BCUT2D eigenvalue weighted by atomic mass is 9.66. The molecule has 2 aliphatic rings. The fourth-order valence-corrected chi connectivity index (χ4v) is 4.86. The predicted octanol–water partition coefficient (Wildman–Crippen LogP) is 0.395. The van der Waals surface area contributed by atoms with Gasteiger partial charge in [0.2, 0.25) is 0 Å². The van der Waals surface area contributed by atoms with Crippen LogP contribution in [0.15, 0.2) is 12.4 Å². The molecule has 24 heavy (non-hydrogen) atoms. The molecular formula is C17H28N4O3. The van der Waals surface area contributed by atoms with Gasteiger partial charge in [0.05, 0.1) is 24.5 Å². The Hall–Kier alpha value is -1.60. The molecule has 7 nitrogen and oxygen atoms in total. The van der Waals surface area contributed by atoms with E-state index >= 15 is 0 Å². The number of carbonyl (C=O) groups is 1. The van der Waals surface area contributed by atoms with E-state index in [-0.39, 0.29) is 24.0 Å². The summed E-state index contributed by atoms with van der Waals surface area (Å²) >= 11 is 0. The fourth-order valence-electron chi connectivity index (χ4n) is 4.86. The van der Waals surface area contributed by atoms with E-state index in [1.807, 2.05) is 0 Å². The smallest absolute Gasteiger partial charge is 0.258 e. The zero-order valence-electron chi connectivity index (χ0n) is 14.9. The topological polar surface area (TPSA) is 79.6 Å². The van der Waals surface area contributed by atoms with Crippen LogP contribution in [0.2, 0.25) is 0 Å². The SMILES string of the molecule is CC(C)C1N(C)CC12C[C@@H](O)[C@H](NC(=O)COc1cnn(C)c1)C2. The average molecular weight is 336 g/mol. The van der Waals surface area contributed by atoms with Crippen LogP contribution in [0.1, 0.15) is 26.7 Å². The van der Waals surface area contributed by atoms with Crippen LogP contribution in [0.5, 0.6) is 5.75 Å². The van der Waals surface area contributed by atoms with Crippen molar-refractivity contribution in [2.45, 2.75) is 44.9 Å². The van der Waals surface area contributed by atoms with E-state index in [0.29, 0.717) is 17.7 Å². The first kappa shape index (κ1) is 17.2. The van der Waals surface area contributed by atoms with Crippen LogP contribution in [-0.4, -0.2) is 64.1 Å². The highest BCUT2D eigenvalue weighted by Gasteiger charge is 2.58. The van der Waals surface area contributed by atoms with Gasteiger partial charge >= 0.3 is 0 Å². The third-order valence-electron chi connectivity index (χ3n) is 5.40. The number of hydrogen-bond donors (Lipinski definition) is 2. The molecule has 1 aromatic heterocycles. The van der Waals surface area contributed by atoms with Gasteiger partial charge in [0.15, 0.2) is 12.4 Å². The number of aromatic nitrogens is 2. The molecule has 2 fully saturated rings. The van der Waals surface area contributed by atoms with Gasteiger partial charge in [-0.1, -0.05) is 13.8 Å². The number of nitrogens with one attached hydrogen (secondary N) is 1. The fraction of sp³-hybridized carbons (Fsp3) is 0.765. The van der Waals surface area contributed by atoms with Crippen molar-refractivity contribution < 1.29 is 14.6 Å². The van der Waals surface area contributed by atoms with Crippen molar-refractivity contribution in [3.05, 3.63) is 12.4 Å². The second kappa shape index (κ2) is 6.37. The molecule has 4 atom stereocenters. The Morgan fingerprint density at radius 1 is 1.50 bits per heavy atom. The molecule has 3 rings (SSSR count). The van der Waals surface area contributed by atoms with Gasteiger partial charge in [0.25, 0.3) is 5.91 Å². The molecule has 1 amide bonds. The van der Waals surface area contributed by atoms with Crippen molar-refractivity contribution in [2.75, 3.05) is 20.2 Å². The molecule has 0 radical (unpaired) electrons.